The van der Waals surface area contributed by atoms with Gasteiger partial charge in [-0.15, -0.1) is 0 Å². The van der Waals surface area contributed by atoms with Crippen molar-refractivity contribution >= 4 is 18.0 Å². The van der Waals surface area contributed by atoms with Crippen molar-refractivity contribution in [2.24, 2.45) is 0 Å². The monoisotopic (exact) mass is 404 g/mol. The number of likely N-dealkylation sites (tertiary alicyclic amines) is 1. The van der Waals surface area contributed by atoms with Crippen LogP contribution in [0.25, 0.3) is 0 Å². The molecule has 1 N–H and O–H groups in total. The van der Waals surface area contributed by atoms with Gasteiger partial charge in [-0.05, 0) is 52.5 Å². The number of piperidine rings is 1. The van der Waals surface area contributed by atoms with Crippen molar-refractivity contribution < 1.29 is 23.9 Å². The van der Waals surface area contributed by atoms with E-state index in [1.165, 1.54) is 7.11 Å². The first-order valence-electron chi connectivity index (χ1n) is 10.1. The topological polar surface area (TPSA) is 84.9 Å². The highest BCUT2D eigenvalue weighted by Gasteiger charge is 2.40. The summed E-state index contributed by atoms with van der Waals surface area (Å²) in [4.78, 5) is 39.6. The van der Waals surface area contributed by atoms with Gasteiger partial charge in [0.15, 0.2) is 0 Å². The molecule has 1 aliphatic heterocycles. The van der Waals surface area contributed by atoms with Gasteiger partial charge in [0.1, 0.15) is 17.6 Å². The van der Waals surface area contributed by atoms with E-state index in [0.717, 1.165) is 18.4 Å². The molecule has 3 unspecified atom stereocenters. The molecule has 7 nitrogen and oxygen atoms in total. The van der Waals surface area contributed by atoms with Gasteiger partial charge in [0.25, 0.3) is 0 Å². The number of hydrogen-bond donors (Lipinski definition) is 1. The molecule has 2 amide bonds. The highest BCUT2D eigenvalue weighted by molar-refractivity contribution is 5.87. The molecule has 1 aromatic carbocycles. The van der Waals surface area contributed by atoms with E-state index in [1.807, 2.05) is 30.3 Å². The number of ether oxygens (including phenoxy) is 2. The average Bonchev–Trinajstić information content (AvgIpc) is 2.67. The van der Waals surface area contributed by atoms with Crippen LogP contribution in [-0.2, 0) is 19.1 Å². The molecule has 0 bridgehead atoms. The van der Waals surface area contributed by atoms with Gasteiger partial charge >= 0.3 is 12.1 Å². The molecule has 0 saturated carbocycles. The van der Waals surface area contributed by atoms with Crippen molar-refractivity contribution in [3.05, 3.63) is 35.9 Å². The van der Waals surface area contributed by atoms with Crippen molar-refractivity contribution in [1.29, 1.82) is 0 Å². The molecule has 2 rings (SSSR count). The average molecular weight is 405 g/mol. The lowest BCUT2D eigenvalue weighted by Crippen LogP contribution is -2.55. The second kappa shape index (κ2) is 9.76. The van der Waals surface area contributed by atoms with Crippen molar-refractivity contribution in [3.63, 3.8) is 0 Å². The summed E-state index contributed by atoms with van der Waals surface area (Å²) in [5, 5.41) is 2.61. The minimum atomic E-state index is -0.764. The first-order chi connectivity index (χ1) is 13.6. The summed E-state index contributed by atoms with van der Waals surface area (Å²) in [7, 11) is 1.36. The number of nitrogens with one attached hydrogen (secondary N) is 1. The van der Waals surface area contributed by atoms with Crippen LogP contribution < -0.4 is 5.32 Å². The molecule has 7 heteroatoms. The standard InChI is InChI=1S/C22H32N2O5/c1-15(23-21(27)29-22(2,3)4)19(25)24-14-10-9-13-17(24)18(20(26)28-5)16-11-7-6-8-12-16/h6-8,11-12,15,17-18H,9-10,13-14H2,1-5H3,(H,23,27). The molecule has 0 spiro atoms. The molecule has 1 heterocycles. The number of methoxy groups -OCH3 is 1. The molecule has 1 saturated heterocycles. The van der Waals surface area contributed by atoms with Crippen LogP contribution in [0, 0.1) is 0 Å². The van der Waals surface area contributed by atoms with Crippen LogP contribution in [0.1, 0.15) is 58.4 Å². The first kappa shape index (κ1) is 22.7. The third kappa shape index (κ3) is 6.21. The summed E-state index contributed by atoms with van der Waals surface area (Å²) in [6, 6.07) is 8.28. The Morgan fingerprint density at radius 1 is 1.14 bits per heavy atom. The van der Waals surface area contributed by atoms with Crippen LogP contribution >= 0.6 is 0 Å². The van der Waals surface area contributed by atoms with Crippen LogP contribution in [0.5, 0.6) is 0 Å². The summed E-state index contributed by atoms with van der Waals surface area (Å²) < 4.78 is 10.3. The number of alkyl carbamates (subject to hydrolysis) is 1. The fraction of sp³-hybridized carbons (Fsp3) is 0.591. The Labute approximate surface area is 172 Å². The Kier molecular flexibility index (Phi) is 7.65. The van der Waals surface area contributed by atoms with E-state index >= 15 is 0 Å². The van der Waals surface area contributed by atoms with E-state index < -0.39 is 23.7 Å². The predicted octanol–water partition coefficient (Wildman–Crippen LogP) is 3.24. The molecule has 1 aromatic rings. The second-order valence-corrected chi connectivity index (χ2v) is 8.37. The lowest BCUT2D eigenvalue weighted by atomic mass is 9.84. The third-order valence-corrected chi connectivity index (χ3v) is 4.93. The highest BCUT2D eigenvalue weighted by atomic mass is 16.6. The molecule has 0 radical (unpaired) electrons. The van der Waals surface area contributed by atoms with Crippen molar-refractivity contribution in [2.45, 2.75) is 70.6 Å². The molecule has 0 aromatic heterocycles. The minimum absolute atomic E-state index is 0.231. The quantitative estimate of drug-likeness (QED) is 0.762. The first-order valence-corrected chi connectivity index (χ1v) is 10.1. The number of benzene rings is 1. The van der Waals surface area contributed by atoms with Gasteiger partial charge in [-0.2, -0.15) is 0 Å². The van der Waals surface area contributed by atoms with Crippen LogP contribution in [0.4, 0.5) is 4.79 Å². The van der Waals surface area contributed by atoms with E-state index in [1.54, 1.807) is 32.6 Å². The summed E-state index contributed by atoms with van der Waals surface area (Å²) >= 11 is 0. The predicted molar refractivity (Wildman–Crippen MR) is 109 cm³/mol. The van der Waals surface area contributed by atoms with Gasteiger partial charge < -0.3 is 19.7 Å². The summed E-state index contributed by atoms with van der Waals surface area (Å²) in [6.45, 7) is 7.46. The van der Waals surface area contributed by atoms with Gasteiger partial charge in [-0.25, -0.2) is 4.79 Å². The van der Waals surface area contributed by atoms with Crippen molar-refractivity contribution in [1.82, 2.24) is 10.2 Å². The second-order valence-electron chi connectivity index (χ2n) is 8.37. The Morgan fingerprint density at radius 3 is 2.38 bits per heavy atom. The van der Waals surface area contributed by atoms with E-state index in [2.05, 4.69) is 5.32 Å². The van der Waals surface area contributed by atoms with Crippen LogP contribution in [0.15, 0.2) is 30.3 Å². The van der Waals surface area contributed by atoms with Crippen LogP contribution in [-0.4, -0.2) is 54.2 Å². The summed E-state index contributed by atoms with van der Waals surface area (Å²) in [5.41, 5.74) is 0.167. The maximum atomic E-state index is 13.2. The van der Waals surface area contributed by atoms with Gasteiger partial charge in [-0.1, -0.05) is 30.3 Å². The zero-order valence-electron chi connectivity index (χ0n) is 17.9. The lowest BCUT2D eigenvalue weighted by molar-refractivity contribution is -0.147. The van der Waals surface area contributed by atoms with Crippen LogP contribution in [0.3, 0.4) is 0 Å². The smallest absolute Gasteiger partial charge is 0.408 e. The molecule has 3 atom stereocenters. The van der Waals surface area contributed by atoms with Gasteiger partial charge in [0, 0.05) is 12.6 Å². The number of nitrogens with zero attached hydrogens (tertiary/aromatic N) is 1. The maximum Gasteiger partial charge on any atom is 0.408 e. The fourth-order valence-electron chi connectivity index (χ4n) is 3.67. The van der Waals surface area contributed by atoms with E-state index in [-0.39, 0.29) is 17.9 Å². The largest absolute Gasteiger partial charge is 0.468 e. The van der Waals surface area contributed by atoms with E-state index in [4.69, 9.17) is 9.47 Å². The third-order valence-electron chi connectivity index (χ3n) is 4.93. The lowest BCUT2D eigenvalue weighted by Gasteiger charge is -2.40. The number of rotatable bonds is 5. The van der Waals surface area contributed by atoms with Gasteiger partial charge in [-0.3, -0.25) is 9.59 Å². The van der Waals surface area contributed by atoms with Gasteiger partial charge in [0.2, 0.25) is 5.91 Å². The normalized spacial score (nSPS) is 19.1. The SMILES string of the molecule is COC(=O)C(c1ccccc1)C1CCCCN1C(=O)C(C)NC(=O)OC(C)(C)C. The summed E-state index contributed by atoms with van der Waals surface area (Å²) in [6.07, 6.45) is 1.83. The zero-order valence-corrected chi connectivity index (χ0v) is 17.9. The molecule has 1 aliphatic rings. The van der Waals surface area contributed by atoms with Crippen molar-refractivity contribution in [3.8, 4) is 0 Å². The maximum absolute atomic E-state index is 13.2. The Bertz CT molecular complexity index is 714. The van der Waals surface area contributed by atoms with Crippen LogP contribution in [0.2, 0.25) is 0 Å². The van der Waals surface area contributed by atoms with E-state index in [0.29, 0.717) is 13.0 Å². The van der Waals surface area contributed by atoms with E-state index in [9.17, 15) is 14.4 Å². The number of amides is 2. The Balaban J connectivity index is 2.21. The minimum Gasteiger partial charge on any atom is -0.468 e. The number of esters is 1. The zero-order chi connectivity index (χ0) is 21.6. The highest BCUT2D eigenvalue weighted by Crippen LogP contribution is 2.32. The number of carbonyl (C=O) groups excluding carboxylic acids is 3. The molecular formula is C22H32N2O5. The molecule has 0 aliphatic carbocycles. The fourth-order valence-corrected chi connectivity index (χ4v) is 3.67. The molecule has 29 heavy (non-hydrogen) atoms. The number of carbonyl (C=O) groups is 3. The molecule has 160 valence electrons. The molecular weight excluding hydrogens is 372 g/mol. The Hall–Kier alpha value is -2.57. The number of hydrogen-bond acceptors (Lipinski definition) is 5. The Morgan fingerprint density at radius 2 is 1.79 bits per heavy atom. The molecule has 1 fully saturated rings. The van der Waals surface area contributed by atoms with Gasteiger partial charge in [0.05, 0.1) is 7.11 Å². The summed E-state index contributed by atoms with van der Waals surface area (Å²) in [5.74, 6) is -1.17. The van der Waals surface area contributed by atoms with Crippen molar-refractivity contribution in [2.75, 3.05) is 13.7 Å².